The van der Waals surface area contributed by atoms with Gasteiger partial charge in [0.15, 0.2) is 0 Å². The molecule has 2 bridgehead atoms. The van der Waals surface area contributed by atoms with Crippen molar-refractivity contribution < 1.29 is 19.2 Å². The van der Waals surface area contributed by atoms with E-state index in [1.165, 1.54) is 0 Å². The zero-order chi connectivity index (χ0) is 24.0. The predicted octanol–water partition coefficient (Wildman–Crippen LogP) is 6.37. The van der Waals surface area contributed by atoms with Gasteiger partial charge in [0.05, 0.1) is 33.8 Å². The Morgan fingerprint density at radius 2 is 1.70 bits per heavy atom. The van der Waals surface area contributed by atoms with Crippen LogP contribution >= 0.6 is 23.2 Å². The van der Waals surface area contributed by atoms with E-state index in [1.807, 2.05) is 0 Å². The van der Waals surface area contributed by atoms with Gasteiger partial charge in [0.2, 0.25) is 5.91 Å². The fourth-order valence-corrected chi connectivity index (χ4v) is 5.52. The molecule has 2 atom stereocenters. The Morgan fingerprint density at radius 1 is 1.00 bits per heavy atom. The fourth-order valence-electron chi connectivity index (χ4n) is 5.22. The van der Waals surface area contributed by atoms with Crippen LogP contribution in [0.15, 0.2) is 47.6 Å². The van der Waals surface area contributed by atoms with Crippen LogP contribution in [0.5, 0.6) is 5.75 Å². The number of nitrogens with zero attached hydrogens (tertiary/aromatic N) is 1. The van der Waals surface area contributed by atoms with Gasteiger partial charge in [0.1, 0.15) is 5.75 Å². The van der Waals surface area contributed by atoms with Gasteiger partial charge >= 0.3 is 5.97 Å². The summed E-state index contributed by atoms with van der Waals surface area (Å²) in [7, 11) is 1.56. The number of amides is 1. The number of fused-ring (bicyclic) bond motifs is 2. The van der Waals surface area contributed by atoms with Crippen molar-refractivity contribution in [1.82, 2.24) is 0 Å². The van der Waals surface area contributed by atoms with Crippen LogP contribution in [-0.4, -0.2) is 24.7 Å². The van der Waals surface area contributed by atoms with Crippen molar-refractivity contribution >= 4 is 46.5 Å². The molecule has 33 heavy (non-hydrogen) atoms. The number of rotatable bonds is 5. The number of benzene rings is 2. The highest BCUT2D eigenvalue weighted by atomic mass is 35.5. The molecule has 0 aliphatic heterocycles. The van der Waals surface area contributed by atoms with Crippen LogP contribution < -0.4 is 10.1 Å². The van der Waals surface area contributed by atoms with E-state index in [2.05, 4.69) is 31.2 Å². The van der Waals surface area contributed by atoms with Gasteiger partial charge in [-0.05, 0) is 60.7 Å². The van der Waals surface area contributed by atoms with Gasteiger partial charge in [-0.25, -0.2) is 4.79 Å². The molecule has 0 radical (unpaired) electrons. The highest BCUT2D eigenvalue weighted by molar-refractivity contribution is 6.42. The smallest absolute Gasteiger partial charge is 0.365 e. The molecule has 174 valence electrons. The van der Waals surface area contributed by atoms with Crippen LogP contribution in [0, 0.1) is 16.2 Å². The monoisotopic (exact) mass is 488 g/mol. The summed E-state index contributed by atoms with van der Waals surface area (Å²) in [6.45, 7) is 6.26. The normalized spacial score (nSPS) is 26.3. The number of anilines is 1. The van der Waals surface area contributed by atoms with E-state index >= 15 is 0 Å². The molecule has 0 aromatic heterocycles. The lowest BCUT2D eigenvalue weighted by Gasteiger charge is -2.39. The first-order valence-corrected chi connectivity index (χ1v) is 11.5. The standard InChI is InChI=1S/C25H26Cl2N2O4/c1-23(2)24(3)11-12-25(23,22(31)28-16-7-10-18(26)19(27)13-16)14-20(24)29-33-21(30)15-5-8-17(32-4)9-6-15/h5-10,13H,11-12,14H2,1-4H3,(H,28,31)/b29-20-. The fraction of sp³-hybridized carbons (Fsp3) is 0.400. The maximum atomic E-state index is 13.6. The molecule has 1 N–H and O–H groups in total. The van der Waals surface area contributed by atoms with Crippen molar-refractivity contribution in [2.75, 3.05) is 12.4 Å². The second-order valence-corrected chi connectivity index (χ2v) is 10.3. The summed E-state index contributed by atoms with van der Waals surface area (Å²) in [5, 5.41) is 8.08. The number of hydrogen-bond acceptors (Lipinski definition) is 5. The zero-order valence-corrected chi connectivity index (χ0v) is 20.5. The minimum Gasteiger partial charge on any atom is -0.497 e. The lowest BCUT2D eigenvalue weighted by molar-refractivity contribution is -0.130. The summed E-state index contributed by atoms with van der Waals surface area (Å²) in [4.78, 5) is 31.4. The molecule has 0 spiro atoms. The lowest BCUT2D eigenvalue weighted by atomic mass is 9.64. The minimum atomic E-state index is -0.681. The van der Waals surface area contributed by atoms with E-state index in [0.717, 1.165) is 18.6 Å². The van der Waals surface area contributed by atoms with Gasteiger partial charge in [-0.3, -0.25) is 4.79 Å². The second kappa shape index (κ2) is 8.33. The Hall–Kier alpha value is -2.57. The van der Waals surface area contributed by atoms with E-state index in [-0.39, 0.29) is 11.3 Å². The SMILES string of the molecule is COc1ccc(C(=O)O/N=C2/CC3(C(=O)Nc4ccc(Cl)c(Cl)c4)CCC2(C)C3(C)C)cc1. The Bertz CT molecular complexity index is 1150. The number of ether oxygens (including phenoxy) is 1. The minimum absolute atomic E-state index is 0.0960. The number of hydrogen-bond donors (Lipinski definition) is 1. The molecule has 4 rings (SSSR count). The Morgan fingerprint density at radius 3 is 2.33 bits per heavy atom. The van der Waals surface area contributed by atoms with Gasteiger partial charge in [0, 0.05) is 17.5 Å². The molecular formula is C25H26Cl2N2O4. The van der Waals surface area contributed by atoms with Crippen LogP contribution in [0.1, 0.15) is 50.4 Å². The molecule has 0 saturated heterocycles. The first kappa shape index (κ1) is 23.6. The van der Waals surface area contributed by atoms with Gasteiger partial charge in [-0.15, -0.1) is 0 Å². The summed E-state index contributed by atoms with van der Waals surface area (Å²) < 4.78 is 5.12. The number of methoxy groups -OCH3 is 1. The van der Waals surface area contributed by atoms with Crippen molar-refractivity contribution in [3.63, 3.8) is 0 Å². The molecule has 2 saturated carbocycles. The molecule has 6 nitrogen and oxygen atoms in total. The topological polar surface area (TPSA) is 77.0 Å². The molecule has 2 aliphatic carbocycles. The van der Waals surface area contributed by atoms with Gasteiger partial charge in [-0.1, -0.05) is 49.1 Å². The molecule has 2 unspecified atom stereocenters. The number of carbonyl (C=O) groups excluding carboxylic acids is 2. The summed E-state index contributed by atoms with van der Waals surface area (Å²) in [5.74, 6) is 0.0000849. The number of halogens is 2. The summed E-state index contributed by atoms with van der Waals surface area (Å²) in [6.07, 6.45) is 1.91. The van der Waals surface area contributed by atoms with Crippen molar-refractivity contribution in [3.05, 3.63) is 58.1 Å². The zero-order valence-electron chi connectivity index (χ0n) is 19.0. The molecule has 1 amide bonds. The van der Waals surface area contributed by atoms with Crippen LogP contribution in [-0.2, 0) is 9.63 Å². The first-order chi connectivity index (χ1) is 15.5. The molecule has 2 aromatic rings. The van der Waals surface area contributed by atoms with E-state index in [4.69, 9.17) is 32.8 Å². The van der Waals surface area contributed by atoms with E-state index in [1.54, 1.807) is 49.6 Å². The maximum absolute atomic E-state index is 13.6. The third-order valence-electron chi connectivity index (χ3n) is 7.91. The highest BCUT2D eigenvalue weighted by Gasteiger charge is 2.71. The molecule has 2 aliphatic rings. The molecular weight excluding hydrogens is 463 g/mol. The molecule has 2 fully saturated rings. The molecule has 8 heteroatoms. The van der Waals surface area contributed by atoms with Crippen molar-refractivity contribution in [2.45, 2.75) is 40.0 Å². The van der Waals surface area contributed by atoms with E-state index in [9.17, 15) is 9.59 Å². The third kappa shape index (κ3) is 3.69. The van der Waals surface area contributed by atoms with Gasteiger partial charge < -0.3 is 14.9 Å². The summed E-state index contributed by atoms with van der Waals surface area (Å²) in [6, 6.07) is 11.6. The van der Waals surface area contributed by atoms with E-state index < -0.39 is 16.8 Å². The quantitative estimate of drug-likeness (QED) is 0.391. The van der Waals surface area contributed by atoms with Crippen molar-refractivity contribution in [2.24, 2.45) is 21.4 Å². The maximum Gasteiger partial charge on any atom is 0.365 e. The highest BCUT2D eigenvalue weighted by Crippen LogP contribution is 2.71. The summed E-state index contributed by atoms with van der Waals surface area (Å²) in [5.41, 5.74) is 0.238. The average Bonchev–Trinajstić information content (AvgIpc) is 3.10. The Labute approximate surface area is 203 Å². The summed E-state index contributed by atoms with van der Waals surface area (Å²) >= 11 is 12.1. The van der Waals surface area contributed by atoms with Crippen LogP contribution in [0.2, 0.25) is 10.0 Å². The largest absolute Gasteiger partial charge is 0.497 e. The Balaban J connectivity index is 1.56. The first-order valence-electron chi connectivity index (χ1n) is 10.7. The predicted molar refractivity (Wildman–Crippen MR) is 129 cm³/mol. The lowest BCUT2D eigenvalue weighted by Crippen LogP contribution is -2.43. The van der Waals surface area contributed by atoms with Gasteiger partial charge in [-0.2, -0.15) is 0 Å². The molecule has 0 heterocycles. The van der Waals surface area contributed by atoms with Crippen LogP contribution in [0.3, 0.4) is 0 Å². The van der Waals surface area contributed by atoms with Crippen LogP contribution in [0.4, 0.5) is 5.69 Å². The third-order valence-corrected chi connectivity index (χ3v) is 8.65. The van der Waals surface area contributed by atoms with Gasteiger partial charge in [0.25, 0.3) is 0 Å². The number of oxime groups is 1. The van der Waals surface area contributed by atoms with E-state index in [0.29, 0.717) is 33.5 Å². The average molecular weight is 489 g/mol. The molecule has 2 aromatic carbocycles. The van der Waals surface area contributed by atoms with Crippen molar-refractivity contribution in [1.29, 1.82) is 0 Å². The number of nitrogens with one attached hydrogen (secondary N) is 1. The van der Waals surface area contributed by atoms with Crippen LogP contribution in [0.25, 0.3) is 0 Å². The van der Waals surface area contributed by atoms with Crippen molar-refractivity contribution in [3.8, 4) is 5.75 Å². The Kier molecular flexibility index (Phi) is 5.95. The number of carbonyl (C=O) groups is 2. The second-order valence-electron chi connectivity index (χ2n) is 9.44.